The van der Waals surface area contributed by atoms with Crippen LogP contribution in [0.5, 0.6) is 5.75 Å². The molecule has 3 rings (SSSR count). The first-order valence-electron chi connectivity index (χ1n) is 8.29. The van der Waals surface area contributed by atoms with E-state index in [1.807, 2.05) is 6.07 Å². The molecule has 5 heteroatoms. The molecular formula is C18H23NO4. The fourth-order valence-electron chi connectivity index (χ4n) is 3.88. The van der Waals surface area contributed by atoms with Crippen LogP contribution in [0.15, 0.2) is 18.2 Å². The van der Waals surface area contributed by atoms with Gasteiger partial charge in [0.1, 0.15) is 11.8 Å². The highest BCUT2D eigenvalue weighted by Crippen LogP contribution is 2.36. The van der Waals surface area contributed by atoms with Crippen molar-refractivity contribution in [3.63, 3.8) is 0 Å². The smallest absolute Gasteiger partial charge is 0.326 e. The molecule has 1 saturated heterocycles. The zero-order valence-corrected chi connectivity index (χ0v) is 13.5. The van der Waals surface area contributed by atoms with E-state index in [-0.39, 0.29) is 11.8 Å². The fraction of sp³-hybridized carbons (Fsp3) is 0.556. The molecule has 124 valence electrons. The van der Waals surface area contributed by atoms with Crippen LogP contribution in [0.2, 0.25) is 0 Å². The number of rotatable bonds is 4. The van der Waals surface area contributed by atoms with Crippen LogP contribution in [0.1, 0.15) is 49.1 Å². The van der Waals surface area contributed by atoms with Crippen molar-refractivity contribution < 1.29 is 19.4 Å². The lowest BCUT2D eigenvalue weighted by Gasteiger charge is -2.28. The topological polar surface area (TPSA) is 66.8 Å². The van der Waals surface area contributed by atoms with Crippen molar-refractivity contribution in [2.75, 3.05) is 13.7 Å². The molecule has 5 nitrogen and oxygen atoms in total. The van der Waals surface area contributed by atoms with Gasteiger partial charge in [-0.05, 0) is 61.3 Å². The first-order chi connectivity index (χ1) is 11.1. The number of amides is 1. The monoisotopic (exact) mass is 317 g/mol. The Balaban J connectivity index is 1.74. The van der Waals surface area contributed by atoms with E-state index in [4.69, 9.17) is 4.74 Å². The van der Waals surface area contributed by atoms with Gasteiger partial charge in [-0.3, -0.25) is 4.79 Å². The Morgan fingerprint density at radius 3 is 2.87 bits per heavy atom. The number of carbonyl (C=O) groups excluding carboxylic acids is 1. The number of aliphatic carboxylic acids is 1. The number of likely N-dealkylation sites (tertiary alicyclic amines) is 1. The number of hydrogen-bond acceptors (Lipinski definition) is 3. The van der Waals surface area contributed by atoms with Crippen molar-refractivity contribution in [2.24, 2.45) is 0 Å². The molecule has 2 atom stereocenters. The minimum atomic E-state index is -0.885. The number of carboxylic acid groups (broad SMARTS) is 1. The fourth-order valence-corrected chi connectivity index (χ4v) is 3.88. The summed E-state index contributed by atoms with van der Waals surface area (Å²) in [7, 11) is 1.66. The molecule has 0 radical (unpaired) electrons. The van der Waals surface area contributed by atoms with Crippen LogP contribution in [0.4, 0.5) is 0 Å². The molecule has 2 aliphatic rings. The Morgan fingerprint density at radius 2 is 2.13 bits per heavy atom. The molecule has 0 unspecified atom stereocenters. The van der Waals surface area contributed by atoms with Gasteiger partial charge in [-0.2, -0.15) is 0 Å². The molecule has 23 heavy (non-hydrogen) atoms. The minimum Gasteiger partial charge on any atom is -0.497 e. The maximum atomic E-state index is 12.6. The number of methoxy groups -OCH3 is 1. The van der Waals surface area contributed by atoms with Crippen LogP contribution in [0.25, 0.3) is 0 Å². The van der Waals surface area contributed by atoms with E-state index in [0.29, 0.717) is 19.4 Å². The molecule has 0 saturated carbocycles. The van der Waals surface area contributed by atoms with E-state index in [9.17, 15) is 14.7 Å². The predicted molar refractivity (Wildman–Crippen MR) is 85.7 cm³/mol. The summed E-state index contributed by atoms with van der Waals surface area (Å²) in [5, 5.41) is 9.25. The Kier molecular flexibility index (Phi) is 4.55. The van der Waals surface area contributed by atoms with Crippen LogP contribution in [0.3, 0.4) is 0 Å². The summed E-state index contributed by atoms with van der Waals surface area (Å²) >= 11 is 0. The van der Waals surface area contributed by atoms with Crippen LogP contribution in [-0.2, 0) is 16.0 Å². The molecule has 0 bridgehead atoms. The SMILES string of the molecule is COc1ccc2c(c1)CCC[C@@H]2CC(=O)N1CCC[C@@H]1C(=O)O. The highest BCUT2D eigenvalue weighted by Gasteiger charge is 2.35. The van der Waals surface area contributed by atoms with E-state index in [1.54, 1.807) is 12.0 Å². The zero-order chi connectivity index (χ0) is 16.4. The third-order valence-electron chi connectivity index (χ3n) is 5.07. The second-order valence-electron chi connectivity index (χ2n) is 6.44. The highest BCUT2D eigenvalue weighted by molar-refractivity contribution is 5.84. The summed E-state index contributed by atoms with van der Waals surface area (Å²) in [6.07, 6.45) is 4.81. The molecule has 1 heterocycles. The summed E-state index contributed by atoms with van der Waals surface area (Å²) in [5.74, 6) is 0.126. The van der Waals surface area contributed by atoms with Gasteiger partial charge in [-0.1, -0.05) is 6.07 Å². The van der Waals surface area contributed by atoms with E-state index in [0.717, 1.165) is 31.4 Å². The summed E-state index contributed by atoms with van der Waals surface area (Å²) in [6.45, 7) is 0.567. The van der Waals surface area contributed by atoms with Crippen molar-refractivity contribution in [1.29, 1.82) is 0 Å². The zero-order valence-electron chi connectivity index (χ0n) is 13.5. The standard InChI is InChI=1S/C18H23NO4/c1-23-14-7-8-15-12(10-14)4-2-5-13(15)11-17(20)19-9-3-6-16(19)18(21)22/h7-8,10,13,16H,2-6,9,11H2,1H3,(H,21,22)/t13-,16-/m1/s1. The molecule has 1 aromatic carbocycles. The summed E-state index contributed by atoms with van der Waals surface area (Å²) in [4.78, 5) is 25.4. The molecule has 1 aliphatic carbocycles. The Labute approximate surface area is 136 Å². The maximum Gasteiger partial charge on any atom is 0.326 e. The van der Waals surface area contributed by atoms with Gasteiger partial charge >= 0.3 is 5.97 Å². The number of ether oxygens (including phenoxy) is 1. The van der Waals surface area contributed by atoms with Crippen LogP contribution >= 0.6 is 0 Å². The highest BCUT2D eigenvalue weighted by atomic mass is 16.5. The minimum absolute atomic E-state index is 0.0245. The van der Waals surface area contributed by atoms with Gasteiger partial charge in [-0.15, -0.1) is 0 Å². The van der Waals surface area contributed by atoms with Gasteiger partial charge in [-0.25, -0.2) is 4.79 Å². The summed E-state index contributed by atoms with van der Waals surface area (Å²) in [5.41, 5.74) is 2.47. The first-order valence-corrected chi connectivity index (χ1v) is 8.29. The maximum absolute atomic E-state index is 12.6. The lowest BCUT2D eigenvalue weighted by Crippen LogP contribution is -2.41. The normalized spacial score (nSPS) is 23.4. The Morgan fingerprint density at radius 1 is 1.30 bits per heavy atom. The molecule has 1 fully saturated rings. The number of carboxylic acids is 1. The van der Waals surface area contributed by atoms with E-state index in [1.165, 1.54) is 11.1 Å². The average Bonchev–Trinajstić information content (AvgIpc) is 3.04. The van der Waals surface area contributed by atoms with Crippen molar-refractivity contribution in [2.45, 2.75) is 50.5 Å². The second kappa shape index (κ2) is 6.60. The number of aryl methyl sites for hydroxylation is 1. The average molecular weight is 317 g/mol. The van der Waals surface area contributed by atoms with Gasteiger partial charge in [0.05, 0.1) is 7.11 Å². The molecule has 1 N–H and O–H groups in total. The number of fused-ring (bicyclic) bond motifs is 1. The van der Waals surface area contributed by atoms with Crippen molar-refractivity contribution in [1.82, 2.24) is 4.90 Å². The third kappa shape index (κ3) is 3.19. The molecular weight excluding hydrogens is 294 g/mol. The number of carbonyl (C=O) groups is 2. The van der Waals surface area contributed by atoms with Gasteiger partial charge in [0.25, 0.3) is 0 Å². The van der Waals surface area contributed by atoms with E-state index < -0.39 is 12.0 Å². The van der Waals surface area contributed by atoms with Gasteiger partial charge in [0.15, 0.2) is 0 Å². The molecule has 0 aromatic heterocycles. The van der Waals surface area contributed by atoms with Gasteiger partial charge in [0, 0.05) is 13.0 Å². The second-order valence-corrected chi connectivity index (χ2v) is 6.44. The predicted octanol–water partition coefficient (Wildman–Crippen LogP) is 2.58. The van der Waals surface area contributed by atoms with Crippen molar-refractivity contribution in [3.8, 4) is 5.75 Å². The van der Waals surface area contributed by atoms with E-state index >= 15 is 0 Å². The van der Waals surface area contributed by atoms with Crippen molar-refractivity contribution >= 4 is 11.9 Å². The number of nitrogens with zero attached hydrogens (tertiary/aromatic N) is 1. The van der Waals surface area contributed by atoms with Gasteiger partial charge in [0.2, 0.25) is 5.91 Å². The first kappa shape index (κ1) is 15.8. The summed E-state index contributed by atoms with van der Waals surface area (Å²) < 4.78 is 5.28. The molecule has 1 aromatic rings. The number of benzene rings is 1. The largest absolute Gasteiger partial charge is 0.497 e. The Hall–Kier alpha value is -2.04. The summed E-state index contributed by atoms with van der Waals surface area (Å²) in [6, 6.07) is 5.42. The molecule has 1 amide bonds. The number of hydrogen-bond donors (Lipinski definition) is 1. The lowest BCUT2D eigenvalue weighted by molar-refractivity contribution is -0.148. The quantitative estimate of drug-likeness (QED) is 0.927. The third-order valence-corrected chi connectivity index (χ3v) is 5.07. The van der Waals surface area contributed by atoms with Crippen LogP contribution in [-0.4, -0.2) is 41.6 Å². The molecule has 0 spiro atoms. The Bertz CT molecular complexity index is 613. The molecule has 1 aliphatic heterocycles. The van der Waals surface area contributed by atoms with E-state index in [2.05, 4.69) is 12.1 Å². The van der Waals surface area contributed by atoms with Crippen LogP contribution < -0.4 is 4.74 Å². The lowest BCUT2D eigenvalue weighted by atomic mass is 9.80. The van der Waals surface area contributed by atoms with Crippen LogP contribution in [0, 0.1) is 0 Å². The van der Waals surface area contributed by atoms with Gasteiger partial charge < -0.3 is 14.7 Å². The van der Waals surface area contributed by atoms with Crippen molar-refractivity contribution in [3.05, 3.63) is 29.3 Å².